The minimum atomic E-state index is -3.79. The Morgan fingerprint density at radius 1 is 1.50 bits per heavy atom. The summed E-state index contributed by atoms with van der Waals surface area (Å²) in [6.45, 7) is 0.205. The van der Waals surface area contributed by atoms with Crippen molar-refractivity contribution in [2.45, 2.75) is 35.9 Å². The van der Waals surface area contributed by atoms with E-state index in [1.54, 1.807) is 13.0 Å². The van der Waals surface area contributed by atoms with Gasteiger partial charge in [0.25, 0.3) is 15.9 Å². The van der Waals surface area contributed by atoms with Gasteiger partial charge in [-0.1, -0.05) is 0 Å². The van der Waals surface area contributed by atoms with Crippen molar-refractivity contribution in [3.63, 3.8) is 0 Å². The quantitative estimate of drug-likeness (QED) is 0.749. The van der Waals surface area contributed by atoms with Crippen LogP contribution < -0.4 is 11.1 Å². The van der Waals surface area contributed by atoms with Gasteiger partial charge in [0.15, 0.2) is 0 Å². The number of thiophene rings is 1. The first-order valence-corrected chi connectivity index (χ1v) is 9.37. The minimum absolute atomic E-state index is 0. The predicted octanol–water partition coefficient (Wildman–Crippen LogP) is 1.34. The van der Waals surface area contributed by atoms with Gasteiger partial charge in [-0.3, -0.25) is 4.79 Å². The molecule has 0 spiro atoms. The number of hydrogen-bond acceptors (Lipinski definition) is 5. The van der Waals surface area contributed by atoms with E-state index in [4.69, 9.17) is 5.73 Å². The Morgan fingerprint density at radius 3 is 2.71 bits per heavy atom. The van der Waals surface area contributed by atoms with Crippen LogP contribution in [0.4, 0.5) is 8.78 Å². The van der Waals surface area contributed by atoms with Gasteiger partial charge in [0.05, 0.1) is 13.1 Å². The second kappa shape index (κ2) is 8.05. The lowest BCUT2D eigenvalue weighted by Crippen LogP contribution is -2.49. The number of alkyl halides is 2. The fourth-order valence-electron chi connectivity index (χ4n) is 2.36. The molecule has 11 heteroatoms. The molecule has 0 aromatic carbocycles. The van der Waals surface area contributed by atoms with E-state index in [9.17, 15) is 22.0 Å². The molecule has 0 radical (unpaired) electrons. The van der Waals surface area contributed by atoms with Gasteiger partial charge in [-0.2, -0.15) is 4.31 Å². The molecule has 1 aromatic rings. The molecule has 6 nitrogen and oxygen atoms in total. The summed E-state index contributed by atoms with van der Waals surface area (Å²) in [6, 6.07) is 2.21. The van der Waals surface area contributed by atoms with Crippen LogP contribution in [0.2, 0.25) is 0 Å². The van der Waals surface area contributed by atoms with E-state index in [-0.39, 0.29) is 23.2 Å². The standard InChI is InChI=1S/C13H19F2N3O3S2.ClH/c1-9-4-5-11(22-9)23(20,21)18-6-2-3-10(18)12(19)17-8-13(14,15)7-16;/h4-5,10H,2-3,6-8,16H2,1H3,(H,17,19);1H. The van der Waals surface area contributed by atoms with Crippen LogP contribution in [0.15, 0.2) is 16.3 Å². The van der Waals surface area contributed by atoms with E-state index >= 15 is 0 Å². The second-order valence-corrected chi connectivity index (χ2v) is 8.82. The molecule has 0 bridgehead atoms. The molecule has 0 aliphatic carbocycles. The van der Waals surface area contributed by atoms with Crippen molar-refractivity contribution in [2.24, 2.45) is 5.73 Å². The number of sulfonamides is 1. The van der Waals surface area contributed by atoms with Gasteiger partial charge in [0, 0.05) is 11.4 Å². The van der Waals surface area contributed by atoms with Crippen molar-refractivity contribution in [3.8, 4) is 0 Å². The third-order valence-electron chi connectivity index (χ3n) is 3.60. The summed E-state index contributed by atoms with van der Waals surface area (Å²) in [6.07, 6.45) is 0.818. The average Bonchev–Trinajstić information content (AvgIpc) is 3.14. The number of nitrogens with zero attached hydrogens (tertiary/aromatic N) is 1. The zero-order valence-electron chi connectivity index (χ0n) is 13.0. The van der Waals surface area contributed by atoms with Crippen molar-refractivity contribution >= 4 is 39.7 Å². The Balaban J connectivity index is 0.00000288. The van der Waals surface area contributed by atoms with Crippen LogP contribution in [-0.4, -0.2) is 50.2 Å². The molecule has 24 heavy (non-hydrogen) atoms. The maximum atomic E-state index is 13.1. The maximum absolute atomic E-state index is 13.1. The Morgan fingerprint density at radius 2 is 2.17 bits per heavy atom. The number of aryl methyl sites for hydroxylation is 1. The molecular formula is C13H20ClF2N3O3S2. The highest BCUT2D eigenvalue weighted by molar-refractivity contribution is 7.91. The third-order valence-corrected chi connectivity index (χ3v) is 6.98. The molecule has 1 aliphatic heterocycles. The molecule has 2 heterocycles. The lowest BCUT2D eigenvalue weighted by atomic mass is 10.2. The molecule has 1 saturated heterocycles. The number of carbonyl (C=O) groups is 1. The van der Waals surface area contributed by atoms with E-state index in [1.165, 1.54) is 6.07 Å². The van der Waals surface area contributed by atoms with Gasteiger partial charge in [0.1, 0.15) is 10.3 Å². The van der Waals surface area contributed by atoms with E-state index in [0.29, 0.717) is 12.8 Å². The van der Waals surface area contributed by atoms with Crippen LogP contribution >= 0.6 is 23.7 Å². The predicted molar refractivity (Wildman–Crippen MR) is 90.2 cm³/mol. The average molecular weight is 404 g/mol. The number of nitrogens with two attached hydrogens (primary N) is 1. The van der Waals surface area contributed by atoms with E-state index < -0.39 is 41.0 Å². The van der Waals surface area contributed by atoms with Gasteiger partial charge in [-0.25, -0.2) is 17.2 Å². The zero-order chi connectivity index (χ0) is 17.3. The van der Waals surface area contributed by atoms with Crippen molar-refractivity contribution in [2.75, 3.05) is 19.6 Å². The van der Waals surface area contributed by atoms with Crippen LogP contribution in [0.1, 0.15) is 17.7 Å². The molecule has 1 amide bonds. The fourth-order valence-corrected chi connectivity index (χ4v) is 5.43. The Bertz CT molecular complexity index is 682. The molecule has 1 fully saturated rings. The van der Waals surface area contributed by atoms with Crippen LogP contribution in [-0.2, 0) is 14.8 Å². The lowest BCUT2D eigenvalue weighted by molar-refractivity contribution is -0.126. The SMILES string of the molecule is Cc1ccc(S(=O)(=O)N2CCCC2C(=O)NCC(F)(F)CN)s1.Cl. The molecule has 1 unspecified atom stereocenters. The van der Waals surface area contributed by atoms with Gasteiger partial charge in [-0.15, -0.1) is 23.7 Å². The summed E-state index contributed by atoms with van der Waals surface area (Å²) in [5.74, 6) is -3.92. The van der Waals surface area contributed by atoms with Gasteiger partial charge in [-0.05, 0) is 31.9 Å². The van der Waals surface area contributed by atoms with Crippen molar-refractivity contribution in [1.29, 1.82) is 0 Å². The normalized spacial score (nSPS) is 19.1. The summed E-state index contributed by atoms with van der Waals surface area (Å²) in [4.78, 5) is 13.0. The highest BCUT2D eigenvalue weighted by Gasteiger charge is 2.40. The first-order valence-electron chi connectivity index (χ1n) is 7.11. The monoisotopic (exact) mass is 403 g/mol. The largest absolute Gasteiger partial charge is 0.349 e. The van der Waals surface area contributed by atoms with Gasteiger partial charge in [0.2, 0.25) is 5.91 Å². The molecule has 1 aromatic heterocycles. The molecule has 3 N–H and O–H groups in total. The Kier molecular flexibility index (Phi) is 7.12. The summed E-state index contributed by atoms with van der Waals surface area (Å²) >= 11 is 1.12. The molecule has 1 atom stereocenters. The lowest BCUT2D eigenvalue weighted by Gasteiger charge is -2.23. The number of amides is 1. The number of hydrogen-bond donors (Lipinski definition) is 2. The van der Waals surface area contributed by atoms with Crippen molar-refractivity contribution < 1.29 is 22.0 Å². The fraction of sp³-hybridized carbons (Fsp3) is 0.615. The Hall–Kier alpha value is -0.810. The summed E-state index contributed by atoms with van der Waals surface area (Å²) in [5.41, 5.74) is 4.91. The topological polar surface area (TPSA) is 92.5 Å². The number of carbonyl (C=O) groups excluding carboxylic acids is 1. The molecule has 1 aliphatic rings. The highest BCUT2D eigenvalue weighted by atomic mass is 35.5. The smallest absolute Gasteiger partial charge is 0.277 e. The van der Waals surface area contributed by atoms with Gasteiger partial charge < -0.3 is 11.1 Å². The Labute approximate surface area is 149 Å². The van der Waals surface area contributed by atoms with Crippen LogP contribution in [0.5, 0.6) is 0 Å². The zero-order valence-corrected chi connectivity index (χ0v) is 15.4. The summed E-state index contributed by atoms with van der Waals surface area (Å²) < 4.78 is 52.7. The van der Waals surface area contributed by atoms with E-state index in [1.807, 2.05) is 0 Å². The minimum Gasteiger partial charge on any atom is -0.349 e. The van der Waals surface area contributed by atoms with E-state index in [2.05, 4.69) is 5.32 Å². The molecular weight excluding hydrogens is 384 g/mol. The first-order chi connectivity index (χ1) is 10.7. The summed E-state index contributed by atoms with van der Waals surface area (Å²) in [5, 5.41) is 2.10. The number of rotatable bonds is 6. The van der Waals surface area contributed by atoms with Crippen molar-refractivity contribution in [1.82, 2.24) is 9.62 Å². The molecule has 0 saturated carbocycles. The van der Waals surface area contributed by atoms with Crippen LogP contribution in [0.25, 0.3) is 0 Å². The van der Waals surface area contributed by atoms with Crippen molar-refractivity contribution in [3.05, 3.63) is 17.0 Å². The van der Waals surface area contributed by atoms with Gasteiger partial charge >= 0.3 is 0 Å². The second-order valence-electron chi connectivity index (χ2n) is 5.42. The third kappa shape index (κ3) is 4.63. The summed E-state index contributed by atoms with van der Waals surface area (Å²) in [7, 11) is -3.79. The first kappa shape index (κ1) is 21.2. The molecule has 138 valence electrons. The van der Waals surface area contributed by atoms with Crippen LogP contribution in [0.3, 0.4) is 0 Å². The number of nitrogens with one attached hydrogen (secondary N) is 1. The van der Waals surface area contributed by atoms with Crippen LogP contribution in [0, 0.1) is 6.92 Å². The number of halogens is 3. The molecule has 2 rings (SSSR count). The van der Waals surface area contributed by atoms with E-state index in [0.717, 1.165) is 20.5 Å². The maximum Gasteiger partial charge on any atom is 0.277 e. The highest BCUT2D eigenvalue weighted by Crippen LogP contribution is 2.30.